The zero-order valence-electron chi connectivity index (χ0n) is 20.2. The molecule has 3 heterocycles. The molecule has 1 aliphatic heterocycles. The van der Waals surface area contributed by atoms with Crippen LogP contribution in [0.15, 0.2) is 60.8 Å². The van der Waals surface area contributed by atoms with Gasteiger partial charge in [0.1, 0.15) is 5.69 Å². The number of carboxylic acids is 1. The Morgan fingerprint density at radius 2 is 1.67 bits per heavy atom. The number of carboxylic acid groups (broad SMARTS) is 1. The van der Waals surface area contributed by atoms with E-state index in [4.69, 9.17) is 11.6 Å². The Hall–Kier alpha value is -3.48. The van der Waals surface area contributed by atoms with Crippen molar-refractivity contribution in [3.63, 3.8) is 0 Å². The van der Waals surface area contributed by atoms with Crippen LogP contribution < -0.4 is 0 Å². The molecule has 5 rings (SSSR count). The van der Waals surface area contributed by atoms with E-state index in [1.807, 2.05) is 30.3 Å². The number of hydrogen-bond acceptors (Lipinski definition) is 5. The molecule has 4 aromatic rings. The zero-order chi connectivity index (χ0) is 27.9. The molecule has 2 aromatic carbocycles. The number of alkyl halides is 3. The molecule has 0 aliphatic carbocycles. The van der Waals surface area contributed by atoms with Gasteiger partial charge >= 0.3 is 21.5 Å². The normalized spacial score (nSPS) is 16.4. The number of H-pyrrole nitrogens is 1. The van der Waals surface area contributed by atoms with Crippen molar-refractivity contribution in [3.8, 4) is 0 Å². The molecule has 0 spiro atoms. The number of rotatable bonds is 6. The molecule has 0 bridgehead atoms. The minimum Gasteiger partial charge on any atom is -0.477 e. The number of fused-ring (bicyclic) bond motifs is 1. The highest BCUT2D eigenvalue weighted by atomic mass is 35.5. The summed E-state index contributed by atoms with van der Waals surface area (Å²) in [5, 5.41) is 18.0. The summed E-state index contributed by atoms with van der Waals surface area (Å²) in [7, 11) is -5.37. The smallest absolute Gasteiger partial charge is 0.477 e. The van der Waals surface area contributed by atoms with E-state index in [9.17, 15) is 31.5 Å². The first-order valence-electron chi connectivity index (χ1n) is 11.9. The quantitative estimate of drug-likeness (QED) is 0.311. The summed E-state index contributed by atoms with van der Waals surface area (Å²) in [6.45, 7) is -0.509. The number of carbonyl (C=O) groups is 1. The highest BCUT2D eigenvalue weighted by molar-refractivity contribution is 7.90. The molecule has 0 amide bonds. The van der Waals surface area contributed by atoms with Crippen molar-refractivity contribution in [2.75, 3.05) is 13.1 Å². The SMILES string of the molecule is O=C(O)c1ccc(C(c2ccc(Cl)cc2)c2ccc3[nH]nc(C4CCN(S(=O)(=O)C(F)(F)F)CC4)c3c2)cn1. The Kier molecular flexibility index (Phi) is 7.12. The summed E-state index contributed by atoms with van der Waals surface area (Å²) in [6, 6.07) is 16.1. The highest BCUT2D eigenvalue weighted by Gasteiger charge is 2.50. The molecule has 13 heteroatoms. The van der Waals surface area contributed by atoms with Gasteiger partial charge < -0.3 is 5.11 Å². The number of aromatic nitrogens is 3. The fourth-order valence-electron chi connectivity index (χ4n) is 4.99. The van der Waals surface area contributed by atoms with E-state index in [2.05, 4.69) is 15.2 Å². The molecule has 39 heavy (non-hydrogen) atoms. The van der Waals surface area contributed by atoms with Crippen molar-refractivity contribution in [2.45, 2.75) is 30.2 Å². The summed E-state index contributed by atoms with van der Waals surface area (Å²) < 4.78 is 63.1. The van der Waals surface area contributed by atoms with Gasteiger partial charge in [0.2, 0.25) is 0 Å². The Labute approximate surface area is 226 Å². The van der Waals surface area contributed by atoms with Gasteiger partial charge in [-0.3, -0.25) is 5.10 Å². The van der Waals surface area contributed by atoms with Crippen LogP contribution in [0.4, 0.5) is 13.2 Å². The maximum atomic E-state index is 13.0. The van der Waals surface area contributed by atoms with E-state index < -0.39 is 21.5 Å². The van der Waals surface area contributed by atoms with Crippen LogP contribution in [0.1, 0.15) is 57.6 Å². The van der Waals surface area contributed by atoms with Crippen LogP contribution in [-0.2, 0) is 10.0 Å². The second kappa shape index (κ2) is 10.2. The first kappa shape index (κ1) is 27.1. The van der Waals surface area contributed by atoms with Crippen molar-refractivity contribution < 1.29 is 31.5 Å². The lowest BCUT2D eigenvalue weighted by atomic mass is 9.84. The molecule has 8 nitrogen and oxygen atoms in total. The first-order valence-corrected chi connectivity index (χ1v) is 13.8. The molecule has 2 aromatic heterocycles. The number of aromatic carboxylic acids is 1. The third-order valence-electron chi connectivity index (χ3n) is 6.96. The van der Waals surface area contributed by atoms with Gasteiger partial charge in [-0.25, -0.2) is 18.2 Å². The maximum Gasteiger partial charge on any atom is 0.511 e. The Bertz CT molecular complexity index is 1620. The molecular formula is C26H22ClF3N4O4S. The molecule has 1 atom stereocenters. The first-order chi connectivity index (χ1) is 18.5. The molecule has 2 N–H and O–H groups in total. The van der Waals surface area contributed by atoms with Gasteiger partial charge in [0, 0.05) is 41.5 Å². The predicted molar refractivity (Wildman–Crippen MR) is 138 cm³/mol. The lowest BCUT2D eigenvalue weighted by molar-refractivity contribution is -0.0494. The predicted octanol–water partition coefficient (Wildman–Crippen LogP) is 5.52. The summed E-state index contributed by atoms with van der Waals surface area (Å²) in [6.07, 6.45) is 1.90. The Morgan fingerprint density at radius 3 is 2.26 bits per heavy atom. The lowest BCUT2D eigenvalue weighted by Crippen LogP contribution is -2.44. The minimum atomic E-state index is -5.37. The van der Waals surface area contributed by atoms with Crippen LogP contribution in [-0.4, -0.2) is 57.6 Å². The van der Waals surface area contributed by atoms with Gasteiger partial charge in [-0.1, -0.05) is 35.9 Å². The zero-order valence-corrected chi connectivity index (χ0v) is 21.8. The van der Waals surface area contributed by atoms with Gasteiger partial charge in [0.25, 0.3) is 0 Å². The standard InChI is InChI=1S/C26H22ClF3N4O4S/c27-19-5-1-15(2-6-19)23(18-4-8-22(25(35)36)31-14-18)17-3-7-21-20(13-17)24(33-32-21)16-9-11-34(12-10-16)39(37,38)26(28,29)30/h1-8,13-14,16,23H,9-12H2,(H,32,33)(H,35,36). The molecular weight excluding hydrogens is 557 g/mol. The van der Waals surface area contributed by atoms with Crippen LogP contribution in [0.25, 0.3) is 10.9 Å². The topological polar surface area (TPSA) is 116 Å². The van der Waals surface area contributed by atoms with E-state index in [0.29, 0.717) is 15.0 Å². The van der Waals surface area contributed by atoms with E-state index in [1.54, 1.807) is 18.2 Å². The lowest BCUT2D eigenvalue weighted by Gasteiger charge is -2.31. The number of halogens is 4. The third-order valence-corrected chi connectivity index (χ3v) is 8.85. The number of hydrogen-bond donors (Lipinski definition) is 2. The number of piperidine rings is 1. The van der Waals surface area contributed by atoms with E-state index >= 15 is 0 Å². The van der Waals surface area contributed by atoms with Crippen molar-refractivity contribution in [3.05, 3.63) is 93.9 Å². The second-order valence-electron chi connectivity index (χ2n) is 9.30. The third kappa shape index (κ3) is 5.23. The van der Waals surface area contributed by atoms with E-state index in [-0.39, 0.29) is 43.5 Å². The van der Waals surface area contributed by atoms with Crippen LogP contribution in [0.5, 0.6) is 0 Å². The molecule has 0 radical (unpaired) electrons. The second-order valence-corrected chi connectivity index (χ2v) is 11.7. The number of nitrogens with zero attached hydrogens (tertiary/aromatic N) is 3. The average Bonchev–Trinajstić information content (AvgIpc) is 3.33. The van der Waals surface area contributed by atoms with Gasteiger partial charge in [-0.2, -0.15) is 22.6 Å². The number of pyridine rings is 1. The summed E-state index contributed by atoms with van der Waals surface area (Å²) >= 11 is 6.10. The molecule has 204 valence electrons. The van der Waals surface area contributed by atoms with Crippen LogP contribution >= 0.6 is 11.6 Å². The number of benzene rings is 2. The van der Waals surface area contributed by atoms with Gasteiger partial charge in [0.15, 0.2) is 0 Å². The largest absolute Gasteiger partial charge is 0.511 e. The Balaban J connectivity index is 1.50. The van der Waals surface area contributed by atoms with Crippen LogP contribution in [0.2, 0.25) is 5.02 Å². The highest BCUT2D eigenvalue weighted by Crippen LogP contribution is 2.38. The number of sulfonamides is 1. The maximum absolute atomic E-state index is 13.0. The van der Waals surface area contributed by atoms with Crippen molar-refractivity contribution in [1.82, 2.24) is 19.5 Å². The van der Waals surface area contributed by atoms with Gasteiger partial charge in [-0.15, -0.1) is 0 Å². The summed E-state index contributed by atoms with van der Waals surface area (Å²) in [4.78, 5) is 15.4. The number of aromatic amines is 1. The Morgan fingerprint density at radius 1 is 1.03 bits per heavy atom. The van der Waals surface area contributed by atoms with E-state index in [1.165, 1.54) is 12.3 Å². The molecule has 0 saturated carbocycles. The van der Waals surface area contributed by atoms with Crippen molar-refractivity contribution in [2.24, 2.45) is 0 Å². The molecule has 1 unspecified atom stereocenters. The number of nitrogens with one attached hydrogen (secondary N) is 1. The summed E-state index contributed by atoms with van der Waals surface area (Å²) in [5.41, 5.74) is -1.54. The molecule has 1 fully saturated rings. The van der Waals surface area contributed by atoms with Crippen molar-refractivity contribution >= 4 is 38.5 Å². The fraction of sp³-hybridized carbons (Fsp3) is 0.269. The van der Waals surface area contributed by atoms with Gasteiger partial charge in [0.05, 0.1) is 11.2 Å². The van der Waals surface area contributed by atoms with Crippen molar-refractivity contribution in [1.29, 1.82) is 0 Å². The molecule has 1 saturated heterocycles. The monoisotopic (exact) mass is 578 g/mol. The van der Waals surface area contributed by atoms with E-state index in [0.717, 1.165) is 27.6 Å². The average molecular weight is 579 g/mol. The van der Waals surface area contributed by atoms with Crippen LogP contribution in [0, 0.1) is 0 Å². The minimum absolute atomic E-state index is 0.0833. The summed E-state index contributed by atoms with van der Waals surface area (Å²) in [5.74, 6) is -1.70. The van der Waals surface area contributed by atoms with Gasteiger partial charge in [-0.05, 0) is 59.9 Å². The fourth-order valence-corrected chi connectivity index (χ4v) is 6.10. The molecule has 1 aliphatic rings. The van der Waals surface area contributed by atoms with Crippen LogP contribution in [0.3, 0.4) is 0 Å².